The Kier molecular flexibility index (Phi) is 3.94. The third-order valence-corrected chi connectivity index (χ3v) is 2.84. The Morgan fingerprint density at radius 2 is 2.05 bits per heavy atom. The molecule has 100 valence electrons. The van der Waals surface area contributed by atoms with Gasteiger partial charge in [0.2, 0.25) is 0 Å². The van der Waals surface area contributed by atoms with Gasteiger partial charge in [-0.05, 0) is 31.5 Å². The standard InChI is InChI=1S/C14H15FN2O2/c1-3-19-14(18)13-8-16-17(10(13)2)9-11-4-6-12(15)7-5-11/h4-8H,3,9H2,1-2H3. The minimum atomic E-state index is -0.370. The molecule has 0 bridgehead atoms. The average Bonchev–Trinajstić information content (AvgIpc) is 2.74. The largest absolute Gasteiger partial charge is 0.462 e. The summed E-state index contributed by atoms with van der Waals surface area (Å²) in [6.45, 7) is 4.39. The summed E-state index contributed by atoms with van der Waals surface area (Å²) in [4.78, 5) is 11.7. The first kappa shape index (κ1) is 13.3. The van der Waals surface area contributed by atoms with Crippen LogP contribution in [0.3, 0.4) is 0 Å². The van der Waals surface area contributed by atoms with E-state index in [4.69, 9.17) is 4.74 Å². The zero-order valence-corrected chi connectivity index (χ0v) is 10.9. The van der Waals surface area contributed by atoms with Gasteiger partial charge in [0.15, 0.2) is 0 Å². The van der Waals surface area contributed by atoms with Crippen LogP contribution in [-0.2, 0) is 11.3 Å². The third kappa shape index (κ3) is 2.99. The highest BCUT2D eigenvalue weighted by Gasteiger charge is 2.15. The van der Waals surface area contributed by atoms with Gasteiger partial charge in [-0.15, -0.1) is 0 Å². The average molecular weight is 262 g/mol. The van der Waals surface area contributed by atoms with Crippen LogP contribution in [0.5, 0.6) is 0 Å². The Hall–Kier alpha value is -2.17. The zero-order chi connectivity index (χ0) is 13.8. The van der Waals surface area contributed by atoms with Gasteiger partial charge in [0.1, 0.15) is 11.4 Å². The fourth-order valence-electron chi connectivity index (χ4n) is 1.78. The molecule has 0 saturated heterocycles. The van der Waals surface area contributed by atoms with E-state index in [-0.39, 0.29) is 11.8 Å². The van der Waals surface area contributed by atoms with Crippen molar-refractivity contribution in [3.8, 4) is 0 Å². The van der Waals surface area contributed by atoms with Gasteiger partial charge in [0.05, 0.1) is 25.0 Å². The first-order valence-electron chi connectivity index (χ1n) is 6.05. The van der Waals surface area contributed by atoms with Crippen molar-refractivity contribution in [2.45, 2.75) is 20.4 Å². The van der Waals surface area contributed by atoms with Gasteiger partial charge in [0.25, 0.3) is 0 Å². The molecule has 0 aliphatic carbocycles. The molecule has 0 aliphatic heterocycles. The highest BCUT2D eigenvalue weighted by atomic mass is 19.1. The molecule has 4 nitrogen and oxygen atoms in total. The van der Waals surface area contributed by atoms with E-state index < -0.39 is 0 Å². The van der Waals surface area contributed by atoms with Crippen molar-refractivity contribution in [1.82, 2.24) is 9.78 Å². The minimum Gasteiger partial charge on any atom is -0.462 e. The van der Waals surface area contributed by atoms with Gasteiger partial charge in [-0.2, -0.15) is 5.10 Å². The van der Waals surface area contributed by atoms with Crippen LogP contribution in [0.15, 0.2) is 30.5 Å². The summed E-state index contributed by atoms with van der Waals surface area (Å²) in [5, 5.41) is 4.16. The number of nitrogens with zero attached hydrogens (tertiary/aromatic N) is 2. The summed E-state index contributed by atoms with van der Waals surface area (Å²) in [6, 6.07) is 6.20. The van der Waals surface area contributed by atoms with Crippen molar-refractivity contribution >= 4 is 5.97 Å². The minimum absolute atomic E-state index is 0.270. The number of esters is 1. The van der Waals surface area contributed by atoms with E-state index in [2.05, 4.69) is 5.10 Å². The number of ether oxygens (including phenoxy) is 1. The molecule has 1 aromatic heterocycles. The van der Waals surface area contributed by atoms with Crippen molar-refractivity contribution in [3.05, 3.63) is 53.1 Å². The molecule has 5 heteroatoms. The molecule has 0 spiro atoms. The van der Waals surface area contributed by atoms with Crippen LogP contribution in [0, 0.1) is 12.7 Å². The fraction of sp³-hybridized carbons (Fsp3) is 0.286. The van der Waals surface area contributed by atoms with Crippen LogP contribution in [0.2, 0.25) is 0 Å². The van der Waals surface area contributed by atoms with E-state index in [1.807, 2.05) is 6.92 Å². The monoisotopic (exact) mass is 262 g/mol. The summed E-state index contributed by atoms with van der Waals surface area (Å²) in [5.74, 6) is -0.640. The number of aromatic nitrogens is 2. The second-order valence-electron chi connectivity index (χ2n) is 4.15. The van der Waals surface area contributed by atoms with E-state index >= 15 is 0 Å². The first-order chi connectivity index (χ1) is 9.11. The summed E-state index contributed by atoms with van der Waals surface area (Å²) >= 11 is 0. The number of carbonyl (C=O) groups is 1. The Morgan fingerprint density at radius 3 is 2.68 bits per heavy atom. The van der Waals surface area contributed by atoms with Crippen molar-refractivity contribution in [2.24, 2.45) is 0 Å². The van der Waals surface area contributed by atoms with E-state index in [9.17, 15) is 9.18 Å². The number of carbonyl (C=O) groups excluding carboxylic acids is 1. The highest BCUT2D eigenvalue weighted by molar-refractivity contribution is 5.90. The fourth-order valence-corrected chi connectivity index (χ4v) is 1.78. The molecule has 0 unspecified atom stereocenters. The quantitative estimate of drug-likeness (QED) is 0.795. The van der Waals surface area contributed by atoms with E-state index in [0.717, 1.165) is 11.3 Å². The number of halogens is 1. The Morgan fingerprint density at radius 1 is 1.37 bits per heavy atom. The van der Waals surface area contributed by atoms with Crippen molar-refractivity contribution in [1.29, 1.82) is 0 Å². The van der Waals surface area contributed by atoms with Crippen LogP contribution < -0.4 is 0 Å². The van der Waals surface area contributed by atoms with Crippen LogP contribution in [0.4, 0.5) is 4.39 Å². The van der Waals surface area contributed by atoms with Crippen LogP contribution in [-0.4, -0.2) is 22.4 Å². The molecule has 1 aromatic carbocycles. The molecule has 0 radical (unpaired) electrons. The normalized spacial score (nSPS) is 10.5. The smallest absolute Gasteiger partial charge is 0.341 e. The topological polar surface area (TPSA) is 44.1 Å². The second-order valence-corrected chi connectivity index (χ2v) is 4.15. The first-order valence-corrected chi connectivity index (χ1v) is 6.05. The Balaban J connectivity index is 2.18. The number of rotatable bonds is 4. The van der Waals surface area contributed by atoms with Gasteiger partial charge in [-0.1, -0.05) is 12.1 Å². The lowest BCUT2D eigenvalue weighted by Crippen LogP contribution is -2.08. The predicted octanol–water partition coefficient (Wildman–Crippen LogP) is 2.56. The molecule has 0 saturated carbocycles. The van der Waals surface area contributed by atoms with Gasteiger partial charge in [0, 0.05) is 0 Å². The Labute approximate surface area is 110 Å². The van der Waals surface area contributed by atoms with Crippen LogP contribution >= 0.6 is 0 Å². The lowest BCUT2D eigenvalue weighted by molar-refractivity contribution is 0.0525. The zero-order valence-electron chi connectivity index (χ0n) is 10.9. The molecule has 0 amide bonds. The summed E-state index contributed by atoms with van der Waals surface area (Å²) < 4.78 is 19.5. The summed E-state index contributed by atoms with van der Waals surface area (Å²) in [7, 11) is 0. The molecule has 1 heterocycles. The number of hydrogen-bond acceptors (Lipinski definition) is 3. The summed E-state index contributed by atoms with van der Waals surface area (Å²) in [6.07, 6.45) is 1.50. The molecule has 0 fully saturated rings. The maximum atomic E-state index is 12.8. The van der Waals surface area contributed by atoms with Crippen molar-refractivity contribution in [2.75, 3.05) is 6.61 Å². The van der Waals surface area contributed by atoms with Crippen molar-refractivity contribution < 1.29 is 13.9 Å². The molecular weight excluding hydrogens is 247 g/mol. The third-order valence-electron chi connectivity index (χ3n) is 2.84. The Bertz CT molecular complexity index is 576. The maximum Gasteiger partial charge on any atom is 0.341 e. The van der Waals surface area contributed by atoms with Crippen LogP contribution in [0.1, 0.15) is 28.5 Å². The van der Waals surface area contributed by atoms with Gasteiger partial charge >= 0.3 is 5.97 Å². The molecule has 2 rings (SSSR count). The second kappa shape index (κ2) is 5.65. The van der Waals surface area contributed by atoms with E-state index in [1.165, 1.54) is 18.3 Å². The van der Waals surface area contributed by atoms with E-state index in [0.29, 0.717) is 18.7 Å². The maximum absolute atomic E-state index is 12.8. The highest BCUT2D eigenvalue weighted by Crippen LogP contribution is 2.12. The molecular formula is C14H15FN2O2. The molecule has 2 aromatic rings. The molecule has 0 aliphatic rings. The number of benzene rings is 1. The lowest BCUT2D eigenvalue weighted by atomic mass is 10.2. The van der Waals surface area contributed by atoms with Gasteiger partial charge in [-0.3, -0.25) is 4.68 Å². The molecule has 0 atom stereocenters. The predicted molar refractivity (Wildman–Crippen MR) is 68.4 cm³/mol. The summed E-state index contributed by atoms with van der Waals surface area (Å²) in [5.41, 5.74) is 2.12. The molecule has 19 heavy (non-hydrogen) atoms. The van der Waals surface area contributed by atoms with Crippen LogP contribution in [0.25, 0.3) is 0 Å². The number of hydrogen-bond donors (Lipinski definition) is 0. The SMILES string of the molecule is CCOC(=O)c1cnn(Cc2ccc(F)cc2)c1C. The van der Waals surface area contributed by atoms with Gasteiger partial charge in [-0.25, -0.2) is 9.18 Å². The molecule has 0 N–H and O–H groups in total. The van der Waals surface area contributed by atoms with Crippen molar-refractivity contribution in [3.63, 3.8) is 0 Å². The van der Waals surface area contributed by atoms with Gasteiger partial charge < -0.3 is 4.74 Å². The lowest BCUT2D eigenvalue weighted by Gasteiger charge is -2.05. The van der Waals surface area contributed by atoms with E-state index in [1.54, 1.807) is 23.7 Å².